The molecule has 1 atom stereocenters. The monoisotopic (exact) mass is 172 g/mol. The molecule has 0 aliphatic carbocycles. The summed E-state index contributed by atoms with van der Waals surface area (Å²) in [6.45, 7) is 6.02. The molecule has 0 amide bonds. The van der Waals surface area contributed by atoms with E-state index in [0.717, 1.165) is 0 Å². The van der Waals surface area contributed by atoms with Crippen molar-refractivity contribution in [2.45, 2.75) is 20.0 Å². The second-order valence-electron chi connectivity index (χ2n) is 2.19. The Morgan fingerprint density at radius 2 is 2.00 bits per heavy atom. The Morgan fingerprint density at radius 1 is 1.42 bits per heavy atom. The van der Waals surface area contributed by atoms with Crippen LogP contribution in [0.25, 0.3) is 0 Å². The standard InChI is InChI=1S/C8H12O4/c1-4-8(12-7(3)10)5-11-6(2)9/h4,8H,1,5H2,2-3H3. The number of rotatable bonds is 4. The molecule has 0 bridgehead atoms. The molecule has 0 aliphatic heterocycles. The van der Waals surface area contributed by atoms with Crippen LogP contribution < -0.4 is 0 Å². The highest BCUT2D eigenvalue weighted by Crippen LogP contribution is 1.95. The molecule has 0 spiro atoms. The fraction of sp³-hybridized carbons (Fsp3) is 0.500. The van der Waals surface area contributed by atoms with Gasteiger partial charge in [-0.1, -0.05) is 6.58 Å². The van der Waals surface area contributed by atoms with Crippen molar-refractivity contribution in [3.05, 3.63) is 12.7 Å². The Hall–Kier alpha value is -1.32. The van der Waals surface area contributed by atoms with Crippen molar-refractivity contribution in [2.75, 3.05) is 6.61 Å². The molecule has 0 heterocycles. The van der Waals surface area contributed by atoms with Gasteiger partial charge in [0.25, 0.3) is 0 Å². The molecule has 0 N–H and O–H groups in total. The lowest BCUT2D eigenvalue weighted by molar-refractivity contribution is -0.153. The molecule has 4 nitrogen and oxygen atoms in total. The Labute approximate surface area is 71.2 Å². The summed E-state index contributed by atoms with van der Waals surface area (Å²) in [5.41, 5.74) is 0. The fourth-order valence-corrected chi connectivity index (χ4v) is 0.563. The van der Waals surface area contributed by atoms with Crippen LogP contribution in [0.5, 0.6) is 0 Å². The number of carbonyl (C=O) groups excluding carboxylic acids is 2. The van der Waals surface area contributed by atoms with Crippen molar-refractivity contribution in [3.8, 4) is 0 Å². The first-order valence-corrected chi connectivity index (χ1v) is 3.49. The molecule has 0 saturated heterocycles. The lowest BCUT2D eigenvalue weighted by atomic mass is 10.4. The zero-order valence-corrected chi connectivity index (χ0v) is 7.20. The van der Waals surface area contributed by atoms with E-state index in [1.165, 1.54) is 19.9 Å². The van der Waals surface area contributed by atoms with Gasteiger partial charge in [0, 0.05) is 13.8 Å². The summed E-state index contributed by atoms with van der Waals surface area (Å²) >= 11 is 0. The highest BCUT2D eigenvalue weighted by molar-refractivity contribution is 5.67. The Morgan fingerprint density at radius 3 is 2.33 bits per heavy atom. The van der Waals surface area contributed by atoms with E-state index in [9.17, 15) is 9.59 Å². The largest absolute Gasteiger partial charge is 0.462 e. The summed E-state index contributed by atoms with van der Waals surface area (Å²) in [4.78, 5) is 20.8. The third-order valence-electron chi connectivity index (χ3n) is 1.03. The van der Waals surface area contributed by atoms with Crippen LogP contribution in [0, 0.1) is 0 Å². The molecule has 0 rings (SSSR count). The van der Waals surface area contributed by atoms with Crippen molar-refractivity contribution in [1.82, 2.24) is 0 Å². The highest BCUT2D eigenvalue weighted by atomic mass is 16.6. The SMILES string of the molecule is C=CC(COC(C)=O)OC(C)=O. The van der Waals surface area contributed by atoms with Crippen LogP contribution in [0.1, 0.15) is 13.8 Å². The zero-order valence-electron chi connectivity index (χ0n) is 7.20. The predicted molar refractivity (Wildman–Crippen MR) is 42.4 cm³/mol. The van der Waals surface area contributed by atoms with E-state index in [1.807, 2.05) is 0 Å². The van der Waals surface area contributed by atoms with Crippen molar-refractivity contribution >= 4 is 11.9 Å². The minimum atomic E-state index is -0.550. The first-order chi connectivity index (χ1) is 5.56. The molecule has 0 aliphatic rings. The molecular weight excluding hydrogens is 160 g/mol. The lowest BCUT2D eigenvalue weighted by Gasteiger charge is -2.11. The Balaban J connectivity index is 3.75. The molecular formula is C8H12O4. The quantitative estimate of drug-likeness (QED) is 0.462. The van der Waals surface area contributed by atoms with Crippen LogP contribution in [0.4, 0.5) is 0 Å². The summed E-state index contributed by atoms with van der Waals surface area (Å²) in [5.74, 6) is -0.832. The third kappa shape index (κ3) is 5.46. The van der Waals surface area contributed by atoms with Gasteiger partial charge in [-0.15, -0.1) is 0 Å². The predicted octanol–water partition coefficient (Wildman–Crippen LogP) is 0.667. The molecule has 0 radical (unpaired) electrons. The smallest absolute Gasteiger partial charge is 0.303 e. The second-order valence-corrected chi connectivity index (χ2v) is 2.19. The molecule has 4 heteroatoms. The zero-order chi connectivity index (χ0) is 9.56. The van der Waals surface area contributed by atoms with Gasteiger partial charge in [0.2, 0.25) is 0 Å². The average Bonchev–Trinajstić information content (AvgIpc) is 1.97. The van der Waals surface area contributed by atoms with Gasteiger partial charge in [-0.3, -0.25) is 9.59 Å². The van der Waals surface area contributed by atoms with Crippen LogP contribution in [-0.4, -0.2) is 24.6 Å². The normalized spacial score (nSPS) is 11.5. The molecule has 1 unspecified atom stereocenters. The van der Waals surface area contributed by atoms with Gasteiger partial charge in [0.15, 0.2) is 6.10 Å². The van der Waals surface area contributed by atoms with Crippen LogP contribution in [0.2, 0.25) is 0 Å². The summed E-state index contributed by atoms with van der Waals surface area (Å²) in [6.07, 6.45) is 0.857. The van der Waals surface area contributed by atoms with Gasteiger partial charge in [-0.05, 0) is 6.08 Å². The fourth-order valence-electron chi connectivity index (χ4n) is 0.563. The molecule has 0 fully saturated rings. The first kappa shape index (κ1) is 10.7. The number of hydrogen-bond acceptors (Lipinski definition) is 4. The van der Waals surface area contributed by atoms with Gasteiger partial charge in [0.05, 0.1) is 0 Å². The molecule has 0 aromatic heterocycles. The number of ether oxygens (including phenoxy) is 2. The summed E-state index contributed by atoms with van der Waals surface area (Å²) in [6, 6.07) is 0. The molecule has 68 valence electrons. The first-order valence-electron chi connectivity index (χ1n) is 3.49. The van der Waals surface area contributed by atoms with E-state index in [0.29, 0.717) is 0 Å². The minimum Gasteiger partial charge on any atom is -0.462 e. The number of carbonyl (C=O) groups is 2. The van der Waals surface area contributed by atoms with Crippen LogP contribution in [-0.2, 0) is 19.1 Å². The molecule has 0 aromatic rings. The second kappa shape index (κ2) is 5.35. The van der Waals surface area contributed by atoms with E-state index in [-0.39, 0.29) is 6.61 Å². The van der Waals surface area contributed by atoms with Crippen molar-refractivity contribution in [3.63, 3.8) is 0 Å². The average molecular weight is 172 g/mol. The summed E-state index contributed by atoms with van der Waals surface area (Å²) in [5, 5.41) is 0. The third-order valence-corrected chi connectivity index (χ3v) is 1.03. The molecule has 0 saturated carbocycles. The van der Waals surface area contributed by atoms with Crippen molar-refractivity contribution in [1.29, 1.82) is 0 Å². The van der Waals surface area contributed by atoms with Gasteiger partial charge < -0.3 is 9.47 Å². The van der Waals surface area contributed by atoms with Crippen molar-refractivity contribution in [2.24, 2.45) is 0 Å². The van der Waals surface area contributed by atoms with Crippen LogP contribution in [0.3, 0.4) is 0 Å². The highest BCUT2D eigenvalue weighted by Gasteiger charge is 2.08. The van der Waals surface area contributed by atoms with Crippen LogP contribution >= 0.6 is 0 Å². The van der Waals surface area contributed by atoms with Gasteiger partial charge >= 0.3 is 11.9 Å². The minimum absolute atomic E-state index is 0.0262. The maximum atomic E-state index is 10.4. The van der Waals surface area contributed by atoms with E-state index in [2.05, 4.69) is 11.3 Å². The Bertz CT molecular complexity index is 185. The Kier molecular flexibility index (Phi) is 4.76. The van der Waals surface area contributed by atoms with Crippen molar-refractivity contribution < 1.29 is 19.1 Å². The summed E-state index contributed by atoms with van der Waals surface area (Å²) < 4.78 is 9.32. The number of esters is 2. The van der Waals surface area contributed by atoms with Gasteiger partial charge in [-0.25, -0.2) is 0 Å². The summed E-state index contributed by atoms with van der Waals surface area (Å²) in [7, 11) is 0. The van der Waals surface area contributed by atoms with Gasteiger partial charge in [-0.2, -0.15) is 0 Å². The number of hydrogen-bond donors (Lipinski definition) is 0. The maximum Gasteiger partial charge on any atom is 0.303 e. The van der Waals surface area contributed by atoms with E-state index >= 15 is 0 Å². The van der Waals surface area contributed by atoms with Crippen LogP contribution in [0.15, 0.2) is 12.7 Å². The maximum absolute atomic E-state index is 10.4. The van der Waals surface area contributed by atoms with Gasteiger partial charge in [0.1, 0.15) is 6.61 Å². The van der Waals surface area contributed by atoms with E-state index < -0.39 is 18.0 Å². The van der Waals surface area contributed by atoms with E-state index in [1.54, 1.807) is 0 Å². The topological polar surface area (TPSA) is 52.6 Å². The van der Waals surface area contributed by atoms with E-state index in [4.69, 9.17) is 4.74 Å². The molecule has 12 heavy (non-hydrogen) atoms. The lowest BCUT2D eigenvalue weighted by Crippen LogP contribution is -2.21. The molecule has 0 aromatic carbocycles.